The van der Waals surface area contributed by atoms with E-state index in [2.05, 4.69) is 40.1 Å². The van der Waals surface area contributed by atoms with E-state index in [1.54, 1.807) is 63.4 Å². The second-order valence-electron chi connectivity index (χ2n) is 14.0. The Morgan fingerprint density at radius 2 is 1.74 bits per heavy atom. The van der Waals surface area contributed by atoms with Crippen LogP contribution in [0.5, 0.6) is 0 Å². The molecule has 0 radical (unpaired) electrons. The molecule has 5 aromatic heterocycles. The zero-order valence-corrected chi connectivity index (χ0v) is 33.1. The Hall–Kier alpha value is -4.47. The average molecular weight is 808 g/mol. The molecule has 280 valence electrons. The second-order valence-corrected chi connectivity index (χ2v) is 18.6. The van der Waals surface area contributed by atoms with Crippen molar-refractivity contribution < 1.29 is 9.36 Å². The number of piperidine rings is 1. The van der Waals surface area contributed by atoms with Crippen molar-refractivity contribution in [1.82, 2.24) is 44.0 Å². The molecule has 6 aromatic rings. The number of nitrogens with one attached hydrogen (secondary N) is 1. The highest BCUT2D eigenvalue weighted by atomic mass is 35.5. The first kappa shape index (κ1) is 37.8. The maximum Gasteiger partial charge on any atom is 0.334 e. The number of nitrogens with two attached hydrogens (primary N) is 1. The zero-order valence-electron chi connectivity index (χ0n) is 29.8. The fourth-order valence-electron chi connectivity index (χ4n) is 7.49. The number of hydrogen-bond donors (Lipinski definition) is 2. The number of aryl methyl sites for hydroxylation is 1. The Bertz CT molecular complexity index is 2540. The number of pyridine rings is 1. The molecular weight excluding hydrogens is 770 g/mol. The number of ketones is 1. The van der Waals surface area contributed by atoms with Gasteiger partial charge in [-0.3, -0.25) is 19.3 Å². The number of halogens is 2. The fraction of sp³-hybridized carbons (Fsp3) is 0.343. The summed E-state index contributed by atoms with van der Waals surface area (Å²) in [6.45, 7) is 6.75. The number of carbonyl (C=O) groups excluding carboxylic acids is 1. The molecule has 1 saturated carbocycles. The van der Waals surface area contributed by atoms with Crippen LogP contribution in [0.1, 0.15) is 26.2 Å². The number of hydrogen-bond acceptors (Lipinski definition) is 14. The third kappa shape index (κ3) is 6.53. The van der Waals surface area contributed by atoms with Gasteiger partial charge in [-0.2, -0.15) is 4.98 Å². The normalized spacial score (nSPS) is 18.4. The summed E-state index contributed by atoms with van der Waals surface area (Å²) in [7, 11) is -1.34. The highest BCUT2D eigenvalue weighted by molar-refractivity contribution is 7.99. The summed E-state index contributed by atoms with van der Waals surface area (Å²) in [4.78, 5) is 60.7. The highest BCUT2D eigenvalue weighted by Gasteiger charge is 2.50. The van der Waals surface area contributed by atoms with Crippen molar-refractivity contribution in [2.45, 2.75) is 42.1 Å². The number of anilines is 3. The highest BCUT2D eigenvalue weighted by Crippen LogP contribution is 2.47. The van der Waals surface area contributed by atoms with Crippen molar-refractivity contribution in [2.75, 3.05) is 36.6 Å². The monoisotopic (exact) mass is 806 g/mol. The van der Waals surface area contributed by atoms with Gasteiger partial charge in [-0.15, -0.1) is 12.4 Å². The van der Waals surface area contributed by atoms with E-state index in [1.807, 2.05) is 6.92 Å². The van der Waals surface area contributed by atoms with Crippen LogP contribution in [0.3, 0.4) is 0 Å². The lowest BCUT2D eigenvalue weighted by Crippen LogP contribution is -2.48. The van der Waals surface area contributed by atoms with Crippen LogP contribution in [-0.2, 0) is 16.4 Å². The summed E-state index contributed by atoms with van der Waals surface area (Å²) in [6, 6.07) is 5.14. The molecule has 2 atom stereocenters. The van der Waals surface area contributed by atoms with Crippen LogP contribution < -0.4 is 26.9 Å². The molecule has 1 aliphatic carbocycles. The molecule has 0 unspecified atom stereocenters. The van der Waals surface area contributed by atoms with Crippen LogP contribution in [0.25, 0.3) is 27.9 Å². The van der Waals surface area contributed by atoms with Crippen LogP contribution in [0.2, 0.25) is 5.02 Å². The molecular formula is C35H37Cl2N12O3PS. The lowest BCUT2D eigenvalue weighted by Gasteiger charge is -2.42. The molecule has 0 bridgehead atoms. The molecule has 2 aliphatic rings. The van der Waals surface area contributed by atoms with E-state index >= 15 is 0 Å². The molecule has 19 heteroatoms. The van der Waals surface area contributed by atoms with Crippen LogP contribution in [0.4, 0.5) is 17.6 Å². The molecule has 8 rings (SSSR count). The minimum absolute atomic E-state index is 0. The number of imidazole rings is 1. The quantitative estimate of drug-likeness (QED) is 0.205. The van der Waals surface area contributed by atoms with Crippen LogP contribution in [0.15, 0.2) is 70.1 Å². The molecule has 1 aromatic carbocycles. The van der Waals surface area contributed by atoms with Gasteiger partial charge in [-0.1, -0.05) is 30.3 Å². The van der Waals surface area contributed by atoms with Gasteiger partial charge in [-0.05, 0) is 49.8 Å². The van der Waals surface area contributed by atoms with Gasteiger partial charge in [0.1, 0.15) is 34.8 Å². The smallest absolute Gasteiger partial charge is 0.334 e. The van der Waals surface area contributed by atoms with Crippen LogP contribution >= 0.6 is 42.9 Å². The van der Waals surface area contributed by atoms with Gasteiger partial charge in [0.25, 0.3) is 0 Å². The van der Waals surface area contributed by atoms with Gasteiger partial charge in [0, 0.05) is 62.0 Å². The number of aromatic nitrogens is 9. The fourth-order valence-corrected chi connectivity index (χ4v) is 9.93. The Balaban J connectivity index is 0.00000450. The van der Waals surface area contributed by atoms with Crippen molar-refractivity contribution in [3.8, 4) is 5.69 Å². The first-order chi connectivity index (χ1) is 25.3. The number of nitrogens with zero attached hydrogens (tertiary/aromatic N) is 10. The second kappa shape index (κ2) is 14.3. The molecule has 1 aliphatic heterocycles. The van der Waals surface area contributed by atoms with Crippen molar-refractivity contribution >= 4 is 93.8 Å². The van der Waals surface area contributed by atoms with Crippen molar-refractivity contribution in [1.29, 1.82) is 0 Å². The molecule has 1 spiro atoms. The molecule has 6 heterocycles. The van der Waals surface area contributed by atoms with Crippen molar-refractivity contribution in [3.63, 3.8) is 0 Å². The Kier molecular flexibility index (Phi) is 10.0. The zero-order chi connectivity index (χ0) is 37.2. The average Bonchev–Trinajstić information content (AvgIpc) is 3.51. The van der Waals surface area contributed by atoms with E-state index in [1.165, 1.54) is 33.3 Å². The molecule has 1 saturated heterocycles. The summed E-state index contributed by atoms with van der Waals surface area (Å²) in [6.07, 6.45) is 12.0. The Morgan fingerprint density at radius 1 is 0.981 bits per heavy atom. The number of fused-ring (bicyclic) bond motifs is 2. The molecule has 54 heavy (non-hydrogen) atoms. The SMILES string of the molecule is C[C@@H]1C(=O)CC2(CCN(c3cnc(Sc4ccnc(Nc5ncc6c(n5)n(-c5ccc7nccnc7c5P(C)(C)=O)c(=O)n6C)c4Cl)cn3)CC2)[C@H]1N.Cl. The van der Waals surface area contributed by atoms with Crippen molar-refractivity contribution in [2.24, 2.45) is 24.1 Å². The summed E-state index contributed by atoms with van der Waals surface area (Å²) >= 11 is 8.20. The van der Waals surface area contributed by atoms with E-state index in [-0.39, 0.29) is 47.2 Å². The molecule has 3 N–H and O–H groups in total. The minimum atomic E-state index is -2.97. The molecule has 2 fully saturated rings. The van der Waals surface area contributed by atoms with Crippen LogP contribution in [-0.4, -0.2) is 82.3 Å². The standard InChI is InChI=1S/C35H36ClN12O3PS.ClH/c1-19-23(49)15-35(30(19)37)8-13-47(14-9-35)25-17-42-26(18-41-25)53-24-7-10-40-31(27(24)36)44-33-43-16-22-32(45-33)48(34(50)46(22)2)21-6-5-20-28(39-12-11-38-20)29(21)52(3,4)51;/h5-7,10-12,16-19,30H,8-9,13-15,37H2,1-4H3,(H,40,43,44,45);1H/t19-,30+;/m1./s1. The summed E-state index contributed by atoms with van der Waals surface area (Å²) in [5.74, 6) is 1.41. The van der Waals surface area contributed by atoms with E-state index in [4.69, 9.17) is 22.3 Å². The van der Waals surface area contributed by atoms with Crippen LogP contribution in [0, 0.1) is 11.3 Å². The molecule has 15 nitrogen and oxygen atoms in total. The Morgan fingerprint density at radius 3 is 2.43 bits per heavy atom. The van der Waals surface area contributed by atoms with Gasteiger partial charge in [0.05, 0.1) is 40.1 Å². The van der Waals surface area contributed by atoms with E-state index in [0.29, 0.717) is 60.4 Å². The first-order valence-corrected chi connectivity index (χ1v) is 20.8. The third-order valence-corrected chi connectivity index (χ3v) is 13.4. The van der Waals surface area contributed by atoms with Crippen molar-refractivity contribution in [3.05, 3.63) is 70.9 Å². The van der Waals surface area contributed by atoms with E-state index < -0.39 is 7.14 Å². The van der Waals surface area contributed by atoms with Gasteiger partial charge in [0.15, 0.2) is 11.5 Å². The lowest BCUT2D eigenvalue weighted by atomic mass is 9.73. The lowest BCUT2D eigenvalue weighted by molar-refractivity contribution is -0.120. The molecule has 0 amide bonds. The topological polar surface area (TPSA) is 193 Å². The van der Waals surface area contributed by atoms with E-state index in [9.17, 15) is 14.2 Å². The first-order valence-electron chi connectivity index (χ1n) is 17.0. The predicted molar refractivity (Wildman–Crippen MR) is 213 cm³/mol. The summed E-state index contributed by atoms with van der Waals surface area (Å²) in [5, 5.41) is 4.50. The number of rotatable bonds is 7. The van der Waals surface area contributed by atoms with E-state index in [0.717, 1.165) is 31.7 Å². The number of benzene rings is 1. The number of Topliss-reactive ketones (excluding diaryl/α,β-unsaturated/α-hetero) is 1. The maximum atomic E-state index is 13.7. The summed E-state index contributed by atoms with van der Waals surface area (Å²) in [5.41, 5.74) is 8.17. The van der Waals surface area contributed by atoms with Gasteiger partial charge >= 0.3 is 5.69 Å². The Labute approximate surface area is 325 Å². The van der Waals surface area contributed by atoms with Gasteiger partial charge in [-0.25, -0.2) is 29.3 Å². The van der Waals surface area contributed by atoms with Gasteiger partial charge in [0.2, 0.25) is 5.95 Å². The predicted octanol–water partition coefficient (Wildman–Crippen LogP) is 4.99. The minimum Gasteiger partial charge on any atom is -0.355 e. The maximum absolute atomic E-state index is 13.7. The third-order valence-electron chi connectivity index (χ3n) is 10.4. The van der Waals surface area contributed by atoms with Gasteiger partial charge < -0.3 is 20.5 Å². The summed E-state index contributed by atoms with van der Waals surface area (Å²) < 4.78 is 16.5. The largest absolute Gasteiger partial charge is 0.355 e. The number of carbonyl (C=O) groups is 1.